The number of carbonyl (C=O) groups excluding carboxylic acids is 2. The zero-order chi connectivity index (χ0) is 23.3. The molecular formula is C24H22F2N2O5. The third kappa shape index (κ3) is 3.61. The molecule has 0 radical (unpaired) electrons. The number of fused-ring (bicyclic) bond motifs is 3. The zero-order valence-electron chi connectivity index (χ0n) is 17.5. The van der Waals surface area contributed by atoms with E-state index >= 15 is 0 Å². The minimum absolute atomic E-state index is 0.0622. The third-order valence-electron chi connectivity index (χ3n) is 6.82. The summed E-state index contributed by atoms with van der Waals surface area (Å²) in [6, 6.07) is 15.7. The Morgan fingerprint density at radius 3 is 2.18 bits per heavy atom. The van der Waals surface area contributed by atoms with Crippen molar-refractivity contribution in [1.82, 2.24) is 10.2 Å². The Bertz CT molecular complexity index is 1090. The molecule has 1 saturated heterocycles. The summed E-state index contributed by atoms with van der Waals surface area (Å²) in [6.45, 7) is -0.454. The van der Waals surface area contributed by atoms with Crippen LogP contribution < -0.4 is 5.32 Å². The fourth-order valence-corrected chi connectivity index (χ4v) is 4.83. The van der Waals surface area contributed by atoms with Crippen LogP contribution in [0.15, 0.2) is 48.5 Å². The van der Waals surface area contributed by atoms with Gasteiger partial charge in [0.15, 0.2) is 0 Å². The first-order valence-corrected chi connectivity index (χ1v) is 10.8. The molecule has 1 saturated carbocycles. The minimum Gasteiger partial charge on any atom is -0.481 e. The first-order chi connectivity index (χ1) is 15.8. The molecule has 2 atom stereocenters. The third-order valence-corrected chi connectivity index (χ3v) is 6.82. The highest BCUT2D eigenvalue weighted by Gasteiger charge is 2.72. The van der Waals surface area contributed by atoms with Gasteiger partial charge in [-0.05, 0) is 22.3 Å². The SMILES string of the molecule is O=C(NC[C@H]1[C@@H](C(=O)N2CC(C(=O)O)C2)C1(F)F)OCC1c2ccccc2-c2ccccc21. The summed E-state index contributed by atoms with van der Waals surface area (Å²) in [5.41, 5.74) is 4.25. The van der Waals surface area contributed by atoms with Crippen molar-refractivity contribution in [1.29, 1.82) is 0 Å². The van der Waals surface area contributed by atoms with Gasteiger partial charge in [0.05, 0.1) is 11.8 Å². The van der Waals surface area contributed by atoms with Crippen molar-refractivity contribution in [3.63, 3.8) is 0 Å². The Hall–Kier alpha value is -3.49. The average Bonchev–Trinajstić information content (AvgIpc) is 3.16. The van der Waals surface area contributed by atoms with Crippen LogP contribution in [0.2, 0.25) is 0 Å². The number of hydrogen-bond donors (Lipinski definition) is 2. The largest absolute Gasteiger partial charge is 0.481 e. The first kappa shape index (κ1) is 21.4. The number of rotatable bonds is 6. The number of nitrogens with one attached hydrogen (secondary N) is 1. The second kappa shape index (κ2) is 7.83. The molecule has 2 aliphatic carbocycles. The summed E-state index contributed by atoms with van der Waals surface area (Å²) in [5.74, 6) is -8.77. The minimum atomic E-state index is -3.23. The Balaban J connectivity index is 1.15. The van der Waals surface area contributed by atoms with E-state index in [1.165, 1.54) is 0 Å². The normalized spacial score (nSPS) is 22.7. The van der Waals surface area contributed by atoms with Gasteiger partial charge in [-0.15, -0.1) is 0 Å². The van der Waals surface area contributed by atoms with Crippen LogP contribution in [0.3, 0.4) is 0 Å². The maximum atomic E-state index is 14.1. The number of benzene rings is 2. The fraction of sp³-hybridized carbons (Fsp3) is 0.375. The number of hydrogen-bond acceptors (Lipinski definition) is 4. The predicted octanol–water partition coefficient (Wildman–Crippen LogP) is 2.95. The van der Waals surface area contributed by atoms with Gasteiger partial charge < -0.3 is 20.1 Å². The molecule has 172 valence electrons. The van der Waals surface area contributed by atoms with Crippen molar-refractivity contribution in [2.45, 2.75) is 11.8 Å². The van der Waals surface area contributed by atoms with Crippen molar-refractivity contribution in [2.24, 2.45) is 17.8 Å². The molecule has 2 aromatic rings. The van der Waals surface area contributed by atoms with Crippen molar-refractivity contribution < 1.29 is 33.0 Å². The number of carboxylic acid groups (broad SMARTS) is 1. The standard InChI is InChI=1S/C24H22F2N2O5/c25-24(26)19(20(24)21(29)28-10-13(11-28)22(30)31)9-27-23(32)33-12-18-16-7-3-1-5-14(16)15-6-2-4-8-17(15)18/h1-8,13,18-20H,9-12H2,(H,27,32)(H,30,31)/t19-,20-/m0/s1. The summed E-state index contributed by atoms with van der Waals surface area (Å²) in [5, 5.41) is 11.2. The molecular weight excluding hydrogens is 434 g/mol. The van der Waals surface area contributed by atoms with E-state index in [9.17, 15) is 23.2 Å². The number of amides is 2. The lowest BCUT2D eigenvalue weighted by molar-refractivity contribution is -0.154. The zero-order valence-corrected chi connectivity index (χ0v) is 17.5. The predicted molar refractivity (Wildman–Crippen MR) is 113 cm³/mol. The lowest BCUT2D eigenvalue weighted by Crippen LogP contribution is -2.54. The number of halogens is 2. The van der Waals surface area contributed by atoms with Gasteiger partial charge in [0.1, 0.15) is 12.5 Å². The van der Waals surface area contributed by atoms with Crippen LogP contribution in [-0.2, 0) is 14.3 Å². The van der Waals surface area contributed by atoms with E-state index < -0.39 is 48.2 Å². The molecule has 2 fully saturated rings. The van der Waals surface area contributed by atoms with Crippen LogP contribution in [0.4, 0.5) is 13.6 Å². The van der Waals surface area contributed by atoms with E-state index in [1.807, 2.05) is 48.5 Å². The van der Waals surface area contributed by atoms with E-state index in [4.69, 9.17) is 9.84 Å². The summed E-state index contributed by atoms with van der Waals surface area (Å²) in [6.07, 6.45) is -0.819. The smallest absolute Gasteiger partial charge is 0.407 e. The lowest BCUT2D eigenvalue weighted by atomic mass is 9.98. The molecule has 3 aliphatic rings. The van der Waals surface area contributed by atoms with E-state index in [-0.39, 0.29) is 25.6 Å². The number of aliphatic carboxylic acids is 1. The molecule has 2 amide bonds. The van der Waals surface area contributed by atoms with E-state index in [0.29, 0.717) is 0 Å². The van der Waals surface area contributed by atoms with Crippen LogP contribution in [0.5, 0.6) is 0 Å². The highest BCUT2D eigenvalue weighted by atomic mass is 19.3. The van der Waals surface area contributed by atoms with Gasteiger partial charge in [-0.25, -0.2) is 13.6 Å². The molecule has 1 aliphatic heterocycles. The van der Waals surface area contributed by atoms with Gasteiger partial charge in [-0.2, -0.15) is 0 Å². The Morgan fingerprint density at radius 1 is 1.03 bits per heavy atom. The maximum Gasteiger partial charge on any atom is 0.407 e. The molecule has 2 aromatic carbocycles. The molecule has 9 heteroatoms. The van der Waals surface area contributed by atoms with Crippen molar-refractivity contribution in [3.8, 4) is 11.1 Å². The Morgan fingerprint density at radius 2 is 1.61 bits per heavy atom. The molecule has 5 rings (SSSR count). The monoisotopic (exact) mass is 456 g/mol. The van der Waals surface area contributed by atoms with Crippen molar-refractivity contribution in [2.75, 3.05) is 26.2 Å². The number of ether oxygens (including phenoxy) is 1. The van der Waals surface area contributed by atoms with Gasteiger partial charge in [-0.1, -0.05) is 48.5 Å². The van der Waals surface area contributed by atoms with Crippen molar-refractivity contribution in [3.05, 3.63) is 59.7 Å². The van der Waals surface area contributed by atoms with Crippen LogP contribution in [0.25, 0.3) is 11.1 Å². The number of carboxylic acids is 1. The van der Waals surface area contributed by atoms with Crippen LogP contribution in [0, 0.1) is 17.8 Å². The Labute approximate surface area is 188 Å². The highest BCUT2D eigenvalue weighted by Crippen LogP contribution is 2.56. The number of likely N-dealkylation sites (tertiary alicyclic amines) is 1. The summed E-state index contributed by atoms with van der Waals surface area (Å²) in [7, 11) is 0. The Kier molecular flexibility index (Phi) is 5.07. The molecule has 0 spiro atoms. The summed E-state index contributed by atoms with van der Waals surface area (Å²) >= 11 is 0. The molecule has 0 unspecified atom stereocenters. The second-order valence-electron chi connectivity index (χ2n) is 8.74. The molecule has 0 bridgehead atoms. The molecule has 33 heavy (non-hydrogen) atoms. The van der Waals surface area contributed by atoms with Gasteiger partial charge in [0.25, 0.3) is 5.92 Å². The van der Waals surface area contributed by atoms with Gasteiger partial charge in [0.2, 0.25) is 5.91 Å². The van der Waals surface area contributed by atoms with Crippen LogP contribution in [0.1, 0.15) is 17.0 Å². The van der Waals surface area contributed by atoms with Gasteiger partial charge in [-0.3, -0.25) is 9.59 Å². The fourth-order valence-electron chi connectivity index (χ4n) is 4.83. The van der Waals surface area contributed by atoms with Gasteiger partial charge >= 0.3 is 12.1 Å². The van der Waals surface area contributed by atoms with E-state index in [1.54, 1.807) is 0 Å². The van der Waals surface area contributed by atoms with E-state index in [2.05, 4.69) is 5.32 Å². The molecule has 1 heterocycles. The first-order valence-electron chi connectivity index (χ1n) is 10.8. The van der Waals surface area contributed by atoms with Gasteiger partial charge in [0, 0.05) is 25.6 Å². The average molecular weight is 456 g/mol. The number of carbonyl (C=O) groups is 3. The van der Waals surface area contributed by atoms with Crippen LogP contribution in [-0.4, -0.2) is 60.1 Å². The lowest BCUT2D eigenvalue weighted by Gasteiger charge is -2.36. The highest BCUT2D eigenvalue weighted by molar-refractivity contribution is 5.86. The molecule has 2 N–H and O–H groups in total. The second-order valence-corrected chi connectivity index (χ2v) is 8.74. The number of alkyl halides is 2. The number of nitrogens with zero attached hydrogens (tertiary/aromatic N) is 1. The topological polar surface area (TPSA) is 95.9 Å². The quantitative estimate of drug-likeness (QED) is 0.697. The molecule has 0 aromatic heterocycles. The molecule has 7 nitrogen and oxygen atoms in total. The van der Waals surface area contributed by atoms with E-state index in [0.717, 1.165) is 27.2 Å². The maximum absolute atomic E-state index is 14.1. The van der Waals surface area contributed by atoms with Crippen LogP contribution >= 0.6 is 0 Å². The van der Waals surface area contributed by atoms with Crippen molar-refractivity contribution >= 4 is 18.0 Å². The number of alkyl carbamates (subject to hydrolysis) is 1. The summed E-state index contributed by atoms with van der Waals surface area (Å²) in [4.78, 5) is 36.5. The summed E-state index contributed by atoms with van der Waals surface area (Å²) < 4.78 is 33.6.